The van der Waals surface area contributed by atoms with E-state index in [2.05, 4.69) is 4.98 Å². The number of nitrogens with zero attached hydrogens (tertiary/aromatic N) is 1. The Labute approximate surface area is 125 Å². The molecule has 1 fully saturated rings. The van der Waals surface area contributed by atoms with E-state index < -0.39 is 0 Å². The Kier molecular flexibility index (Phi) is 4.81. The summed E-state index contributed by atoms with van der Waals surface area (Å²) >= 11 is 1.98. The molecule has 0 saturated heterocycles. The van der Waals surface area contributed by atoms with Crippen LogP contribution in [0.4, 0.5) is 0 Å². The van der Waals surface area contributed by atoms with Crippen LogP contribution in [0.1, 0.15) is 68.4 Å². The predicted molar refractivity (Wildman–Crippen MR) is 84.3 cm³/mol. The van der Waals surface area contributed by atoms with Crippen molar-refractivity contribution in [1.82, 2.24) is 9.97 Å². The summed E-state index contributed by atoms with van der Waals surface area (Å²) < 4.78 is 0. The van der Waals surface area contributed by atoms with Gasteiger partial charge in [0.05, 0.1) is 11.4 Å². The first-order valence-corrected chi connectivity index (χ1v) is 9.10. The molecule has 2 aliphatic carbocycles. The van der Waals surface area contributed by atoms with Crippen molar-refractivity contribution in [3.63, 3.8) is 0 Å². The summed E-state index contributed by atoms with van der Waals surface area (Å²) in [6.45, 7) is 0. The molecule has 0 atom stereocenters. The first-order chi connectivity index (χ1) is 9.83. The van der Waals surface area contributed by atoms with Gasteiger partial charge >= 0.3 is 0 Å². The standard InChI is InChI=1S/C16H24N2OS/c19-16-13-9-5-2-6-10-14(13)17-15(18-16)11-20-12-7-3-1-4-8-12/h12H,1-11H2,(H,17,18,19). The van der Waals surface area contributed by atoms with Crippen molar-refractivity contribution in [3.8, 4) is 0 Å². The van der Waals surface area contributed by atoms with Crippen molar-refractivity contribution in [3.05, 3.63) is 27.4 Å². The summed E-state index contributed by atoms with van der Waals surface area (Å²) in [5.74, 6) is 1.76. The lowest BCUT2D eigenvalue weighted by atomic mass is 10.0. The van der Waals surface area contributed by atoms with E-state index in [1.54, 1.807) is 0 Å². The Morgan fingerprint density at radius 3 is 2.65 bits per heavy atom. The second-order valence-electron chi connectivity index (χ2n) is 6.07. The quantitative estimate of drug-likeness (QED) is 0.866. The smallest absolute Gasteiger partial charge is 0.254 e. The number of aryl methyl sites for hydroxylation is 1. The summed E-state index contributed by atoms with van der Waals surface area (Å²) in [5.41, 5.74) is 2.15. The Morgan fingerprint density at radius 2 is 1.80 bits per heavy atom. The van der Waals surface area contributed by atoms with Crippen molar-refractivity contribution >= 4 is 11.8 Å². The van der Waals surface area contributed by atoms with E-state index in [9.17, 15) is 4.79 Å². The fraction of sp³-hybridized carbons (Fsp3) is 0.750. The van der Waals surface area contributed by atoms with Gasteiger partial charge in [0.15, 0.2) is 0 Å². The van der Waals surface area contributed by atoms with Crippen LogP contribution in [-0.4, -0.2) is 15.2 Å². The fourth-order valence-electron chi connectivity index (χ4n) is 3.33. The molecule has 0 unspecified atom stereocenters. The SMILES string of the molecule is O=c1[nH]c(CSC2CCCCC2)nc2c1CCCCC2. The number of aromatic nitrogens is 2. The minimum absolute atomic E-state index is 0.121. The van der Waals surface area contributed by atoms with Gasteiger partial charge in [0.2, 0.25) is 0 Å². The maximum atomic E-state index is 12.2. The van der Waals surface area contributed by atoms with Crippen LogP contribution >= 0.6 is 11.8 Å². The number of fused-ring (bicyclic) bond motifs is 1. The van der Waals surface area contributed by atoms with Gasteiger partial charge in [-0.3, -0.25) is 4.79 Å². The highest BCUT2D eigenvalue weighted by atomic mass is 32.2. The predicted octanol–water partition coefficient (Wildman–Crippen LogP) is 3.60. The van der Waals surface area contributed by atoms with Crippen LogP contribution in [0.15, 0.2) is 4.79 Å². The second kappa shape index (κ2) is 6.79. The van der Waals surface area contributed by atoms with E-state index >= 15 is 0 Å². The van der Waals surface area contributed by atoms with E-state index in [1.165, 1.54) is 44.9 Å². The van der Waals surface area contributed by atoms with Gasteiger partial charge < -0.3 is 4.98 Å². The van der Waals surface area contributed by atoms with Crippen LogP contribution in [0.5, 0.6) is 0 Å². The first-order valence-electron chi connectivity index (χ1n) is 8.05. The van der Waals surface area contributed by atoms with Crippen LogP contribution in [0.3, 0.4) is 0 Å². The van der Waals surface area contributed by atoms with Gasteiger partial charge in [0, 0.05) is 10.8 Å². The normalized spacial score (nSPS) is 20.4. The minimum Gasteiger partial charge on any atom is -0.310 e. The van der Waals surface area contributed by atoms with Crippen LogP contribution in [0, 0.1) is 0 Å². The number of hydrogen-bond acceptors (Lipinski definition) is 3. The van der Waals surface area contributed by atoms with Gasteiger partial charge in [-0.25, -0.2) is 4.98 Å². The zero-order chi connectivity index (χ0) is 13.8. The van der Waals surface area contributed by atoms with Gasteiger partial charge in [-0.2, -0.15) is 11.8 Å². The highest BCUT2D eigenvalue weighted by molar-refractivity contribution is 7.99. The third kappa shape index (κ3) is 3.46. The minimum atomic E-state index is 0.121. The highest BCUT2D eigenvalue weighted by Crippen LogP contribution is 2.29. The number of rotatable bonds is 3. The molecule has 0 amide bonds. The Hall–Kier alpha value is -0.770. The van der Waals surface area contributed by atoms with E-state index in [1.807, 2.05) is 11.8 Å². The third-order valence-electron chi connectivity index (χ3n) is 4.50. The monoisotopic (exact) mass is 292 g/mol. The fourth-order valence-corrected chi connectivity index (χ4v) is 4.53. The molecule has 0 spiro atoms. The topological polar surface area (TPSA) is 45.8 Å². The zero-order valence-corrected chi connectivity index (χ0v) is 12.9. The lowest BCUT2D eigenvalue weighted by molar-refractivity contribution is 0.516. The number of thioether (sulfide) groups is 1. The molecule has 110 valence electrons. The molecule has 2 aliphatic rings. The number of hydrogen-bond donors (Lipinski definition) is 1. The summed E-state index contributed by atoms with van der Waals surface area (Å²) in [5, 5.41) is 0.771. The summed E-state index contributed by atoms with van der Waals surface area (Å²) in [6, 6.07) is 0. The molecular formula is C16H24N2OS. The van der Waals surface area contributed by atoms with Crippen LogP contribution < -0.4 is 5.56 Å². The van der Waals surface area contributed by atoms with Crippen LogP contribution in [-0.2, 0) is 18.6 Å². The largest absolute Gasteiger partial charge is 0.310 e. The zero-order valence-electron chi connectivity index (χ0n) is 12.1. The van der Waals surface area contributed by atoms with E-state index in [0.29, 0.717) is 0 Å². The highest BCUT2D eigenvalue weighted by Gasteiger charge is 2.17. The Bertz CT molecular complexity index is 506. The molecule has 3 rings (SSSR count). The molecule has 1 aromatic rings. The van der Waals surface area contributed by atoms with Crippen molar-refractivity contribution in [1.29, 1.82) is 0 Å². The molecule has 3 nitrogen and oxygen atoms in total. The molecule has 1 saturated carbocycles. The van der Waals surface area contributed by atoms with Crippen molar-refractivity contribution in [2.75, 3.05) is 0 Å². The molecule has 0 bridgehead atoms. The lowest BCUT2D eigenvalue weighted by Crippen LogP contribution is -2.20. The molecule has 0 aromatic carbocycles. The molecule has 0 radical (unpaired) electrons. The Morgan fingerprint density at radius 1 is 1.05 bits per heavy atom. The second-order valence-corrected chi connectivity index (χ2v) is 7.36. The number of nitrogens with one attached hydrogen (secondary N) is 1. The maximum absolute atomic E-state index is 12.2. The van der Waals surface area contributed by atoms with E-state index in [0.717, 1.165) is 47.3 Å². The molecule has 1 aromatic heterocycles. The molecular weight excluding hydrogens is 268 g/mol. The summed E-state index contributed by atoms with van der Waals surface area (Å²) in [4.78, 5) is 19.9. The molecule has 20 heavy (non-hydrogen) atoms. The molecule has 1 N–H and O–H groups in total. The average molecular weight is 292 g/mol. The van der Waals surface area contributed by atoms with Crippen LogP contribution in [0.25, 0.3) is 0 Å². The lowest BCUT2D eigenvalue weighted by Gasteiger charge is -2.20. The third-order valence-corrected chi connectivity index (χ3v) is 5.88. The van der Waals surface area contributed by atoms with Gasteiger partial charge in [-0.15, -0.1) is 0 Å². The average Bonchev–Trinajstić information content (AvgIpc) is 2.72. The van der Waals surface area contributed by atoms with Crippen molar-refractivity contribution in [2.24, 2.45) is 0 Å². The molecule has 4 heteroatoms. The van der Waals surface area contributed by atoms with Gasteiger partial charge in [-0.05, 0) is 38.5 Å². The summed E-state index contributed by atoms with van der Waals surface area (Å²) in [6.07, 6.45) is 12.2. The van der Waals surface area contributed by atoms with Gasteiger partial charge in [0.25, 0.3) is 5.56 Å². The number of aromatic amines is 1. The summed E-state index contributed by atoms with van der Waals surface area (Å²) in [7, 11) is 0. The van der Waals surface area contributed by atoms with Crippen molar-refractivity contribution in [2.45, 2.75) is 75.2 Å². The van der Waals surface area contributed by atoms with E-state index in [-0.39, 0.29) is 5.56 Å². The van der Waals surface area contributed by atoms with Gasteiger partial charge in [0.1, 0.15) is 5.82 Å². The van der Waals surface area contributed by atoms with Gasteiger partial charge in [-0.1, -0.05) is 25.7 Å². The molecule has 1 heterocycles. The molecule has 0 aliphatic heterocycles. The Balaban J connectivity index is 1.69. The van der Waals surface area contributed by atoms with E-state index in [4.69, 9.17) is 4.98 Å². The maximum Gasteiger partial charge on any atom is 0.254 e. The van der Waals surface area contributed by atoms with Crippen LogP contribution in [0.2, 0.25) is 0 Å². The first kappa shape index (κ1) is 14.2. The number of H-pyrrole nitrogens is 1. The van der Waals surface area contributed by atoms with Crippen molar-refractivity contribution < 1.29 is 0 Å².